The van der Waals surface area contributed by atoms with Gasteiger partial charge in [-0.05, 0) is 55.7 Å². The van der Waals surface area contributed by atoms with Crippen LogP contribution in [-0.4, -0.2) is 31.7 Å². The van der Waals surface area contributed by atoms with E-state index in [9.17, 15) is 4.79 Å². The highest BCUT2D eigenvalue weighted by Crippen LogP contribution is 2.32. The van der Waals surface area contributed by atoms with Crippen LogP contribution in [0.15, 0.2) is 18.2 Å². The van der Waals surface area contributed by atoms with Gasteiger partial charge in [0.25, 0.3) is 0 Å². The number of unbranched alkanes of at least 4 members (excludes halogenated alkanes) is 1. The molecular formula is C21H32N2O3. The third-order valence-corrected chi connectivity index (χ3v) is 5.52. The second-order valence-electron chi connectivity index (χ2n) is 7.64. The van der Waals surface area contributed by atoms with E-state index in [1.807, 2.05) is 18.2 Å². The molecule has 0 saturated carbocycles. The zero-order chi connectivity index (χ0) is 18.4. The number of ether oxygens (including phenoxy) is 2. The Bertz CT molecular complexity index is 593. The number of amides is 1. The minimum atomic E-state index is 0.151. The number of nitrogens with one attached hydrogen (secondary N) is 2. The van der Waals surface area contributed by atoms with Gasteiger partial charge in [-0.1, -0.05) is 19.4 Å². The Morgan fingerprint density at radius 3 is 2.69 bits per heavy atom. The summed E-state index contributed by atoms with van der Waals surface area (Å²) in [4.78, 5) is 12.3. The van der Waals surface area contributed by atoms with Gasteiger partial charge in [-0.15, -0.1) is 0 Å². The largest absolute Gasteiger partial charge is 0.493 e. The first-order valence-electron chi connectivity index (χ1n) is 10.0. The molecule has 0 spiro atoms. The summed E-state index contributed by atoms with van der Waals surface area (Å²) in [6.07, 6.45) is 7.60. The lowest BCUT2D eigenvalue weighted by molar-refractivity contribution is -0.122. The molecule has 2 fully saturated rings. The van der Waals surface area contributed by atoms with E-state index in [2.05, 4.69) is 17.6 Å². The van der Waals surface area contributed by atoms with Gasteiger partial charge in [0.15, 0.2) is 11.5 Å². The molecule has 2 aliphatic heterocycles. The Labute approximate surface area is 156 Å². The smallest absolute Gasteiger partial charge is 0.220 e. The van der Waals surface area contributed by atoms with E-state index < -0.39 is 0 Å². The molecule has 1 aromatic carbocycles. The minimum absolute atomic E-state index is 0.151. The van der Waals surface area contributed by atoms with Crippen LogP contribution in [0, 0.1) is 5.92 Å². The SMILES string of the molecule is CCCCOc1ccc(CNC(=O)CC2CC3CCC(C2)N3)cc1OC. The fourth-order valence-corrected chi connectivity index (χ4v) is 4.14. The molecule has 0 aliphatic carbocycles. The monoisotopic (exact) mass is 360 g/mol. The molecule has 1 amide bonds. The van der Waals surface area contributed by atoms with Gasteiger partial charge in [-0.25, -0.2) is 0 Å². The number of methoxy groups -OCH3 is 1. The molecule has 2 aliphatic rings. The number of piperidine rings is 1. The highest BCUT2D eigenvalue weighted by atomic mass is 16.5. The van der Waals surface area contributed by atoms with Gasteiger partial charge in [0.05, 0.1) is 13.7 Å². The van der Waals surface area contributed by atoms with Crippen LogP contribution < -0.4 is 20.1 Å². The van der Waals surface area contributed by atoms with Crippen LogP contribution in [0.2, 0.25) is 0 Å². The molecule has 144 valence electrons. The summed E-state index contributed by atoms with van der Waals surface area (Å²) in [5.74, 6) is 2.17. The van der Waals surface area contributed by atoms with E-state index in [0.29, 0.717) is 37.6 Å². The van der Waals surface area contributed by atoms with Crippen molar-refractivity contribution in [2.24, 2.45) is 5.92 Å². The second kappa shape index (κ2) is 9.26. The third-order valence-electron chi connectivity index (χ3n) is 5.52. The van der Waals surface area contributed by atoms with E-state index in [4.69, 9.17) is 9.47 Å². The Morgan fingerprint density at radius 2 is 2.00 bits per heavy atom. The summed E-state index contributed by atoms with van der Waals surface area (Å²) in [7, 11) is 1.65. The number of fused-ring (bicyclic) bond motifs is 2. The predicted octanol–water partition coefficient (Wildman–Crippen LogP) is 3.41. The summed E-state index contributed by atoms with van der Waals surface area (Å²) in [6.45, 7) is 3.37. The summed E-state index contributed by atoms with van der Waals surface area (Å²) in [5.41, 5.74) is 1.03. The van der Waals surface area contributed by atoms with Crippen molar-refractivity contribution in [2.75, 3.05) is 13.7 Å². The lowest BCUT2D eigenvalue weighted by Crippen LogP contribution is -2.39. The fraction of sp³-hybridized carbons (Fsp3) is 0.667. The zero-order valence-corrected chi connectivity index (χ0v) is 16.1. The van der Waals surface area contributed by atoms with E-state index in [1.54, 1.807) is 7.11 Å². The third kappa shape index (κ3) is 5.13. The molecule has 2 heterocycles. The maximum absolute atomic E-state index is 12.3. The van der Waals surface area contributed by atoms with E-state index >= 15 is 0 Å². The summed E-state index contributed by atoms with van der Waals surface area (Å²) in [5, 5.41) is 6.69. The van der Waals surface area contributed by atoms with Crippen molar-refractivity contribution in [3.8, 4) is 11.5 Å². The van der Waals surface area contributed by atoms with Crippen molar-refractivity contribution in [2.45, 2.75) is 70.5 Å². The molecule has 2 bridgehead atoms. The lowest BCUT2D eigenvalue weighted by Gasteiger charge is -2.28. The summed E-state index contributed by atoms with van der Waals surface area (Å²) in [6, 6.07) is 7.15. The molecule has 1 aromatic rings. The van der Waals surface area contributed by atoms with Crippen molar-refractivity contribution < 1.29 is 14.3 Å². The first-order chi connectivity index (χ1) is 12.7. The van der Waals surface area contributed by atoms with Gasteiger partial charge in [0, 0.05) is 25.0 Å². The number of hydrogen-bond donors (Lipinski definition) is 2. The van der Waals surface area contributed by atoms with Gasteiger partial charge in [-0.3, -0.25) is 4.79 Å². The lowest BCUT2D eigenvalue weighted by atomic mass is 9.89. The van der Waals surface area contributed by atoms with Crippen LogP contribution in [-0.2, 0) is 11.3 Å². The molecule has 2 N–H and O–H groups in total. The van der Waals surface area contributed by atoms with E-state index in [1.165, 1.54) is 12.8 Å². The fourth-order valence-electron chi connectivity index (χ4n) is 4.14. The average molecular weight is 360 g/mol. The number of rotatable bonds is 9. The number of hydrogen-bond acceptors (Lipinski definition) is 4. The van der Waals surface area contributed by atoms with Crippen LogP contribution in [0.3, 0.4) is 0 Å². The van der Waals surface area contributed by atoms with E-state index in [-0.39, 0.29) is 5.91 Å². The quantitative estimate of drug-likeness (QED) is 0.663. The highest BCUT2D eigenvalue weighted by molar-refractivity contribution is 5.76. The van der Waals surface area contributed by atoms with Crippen molar-refractivity contribution >= 4 is 5.91 Å². The van der Waals surface area contributed by atoms with Crippen molar-refractivity contribution in [1.82, 2.24) is 10.6 Å². The Hall–Kier alpha value is -1.75. The molecule has 5 heteroatoms. The molecular weight excluding hydrogens is 328 g/mol. The summed E-state index contributed by atoms with van der Waals surface area (Å²) >= 11 is 0. The van der Waals surface area contributed by atoms with Crippen molar-refractivity contribution in [3.63, 3.8) is 0 Å². The maximum atomic E-state index is 12.3. The normalized spacial score (nSPS) is 24.3. The van der Waals surface area contributed by atoms with Crippen LogP contribution in [0.25, 0.3) is 0 Å². The first kappa shape index (κ1) is 19.0. The Balaban J connectivity index is 1.46. The van der Waals surface area contributed by atoms with Crippen LogP contribution in [0.4, 0.5) is 0 Å². The molecule has 0 aromatic heterocycles. The van der Waals surface area contributed by atoms with Crippen LogP contribution >= 0.6 is 0 Å². The molecule has 3 rings (SSSR count). The van der Waals surface area contributed by atoms with Gasteiger partial charge in [0.2, 0.25) is 5.91 Å². The van der Waals surface area contributed by atoms with Gasteiger partial charge < -0.3 is 20.1 Å². The maximum Gasteiger partial charge on any atom is 0.220 e. The molecule has 2 saturated heterocycles. The van der Waals surface area contributed by atoms with Crippen LogP contribution in [0.1, 0.15) is 57.4 Å². The van der Waals surface area contributed by atoms with E-state index in [0.717, 1.165) is 42.7 Å². The number of carbonyl (C=O) groups excluding carboxylic acids is 1. The van der Waals surface area contributed by atoms with Crippen molar-refractivity contribution in [3.05, 3.63) is 23.8 Å². The second-order valence-corrected chi connectivity index (χ2v) is 7.64. The summed E-state index contributed by atoms with van der Waals surface area (Å²) < 4.78 is 11.2. The number of carbonyl (C=O) groups is 1. The molecule has 26 heavy (non-hydrogen) atoms. The van der Waals surface area contributed by atoms with Gasteiger partial charge >= 0.3 is 0 Å². The van der Waals surface area contributed by atoms with Crippen LogP contribution in [0.5, 0.6) is 11.5 Å². The zero-order valence-electron chi connectivity index (χ0n) is 16.1. The first-order valence-corrected chi connectivity index (χ1v) is 10.0. The molecule has 5 nitrogen and oxygen atoms in total. The molecule has 2 unspecified atom stereocenters. The Morgan fingerprint density at radius 1 is 1.23 bits per heavy atom. The highest BCUT2D eigenvalue weighted by Gasteiger charge is 2.34. The van der Waals surface area contributed by atoms with Crippen molar-refractivity contribution in [1.29, 1.82) is 0 Å². The predicted molar refractivity (Wildman–Crippen MR) is 103 cm³/mol. The minimum Gasteiger partial charge on any atom is -0.493 e. The Kier molecular flexibility index (Phi) is 6.78. The standard InChI is InChI=1S/C21H32N2O3/c1-3-4-9-26-19-8-5-15(12-20(19)25-2)14-22-21(24)13-16-10-17-6-7-18(11-16)23-17/h5,8,12,16-18,23H,3-4,6-7,9-11,13-14H2,1-2H3,(H,22,24). The van der Waals surface area contributed by atoms with Gasteiger partial charge in [-0.2, -0.15) is 0 Å². The molecule has 2 atom stereocenters. The topological polar surface area (TPSA) is 59.6 Å². The van der Waals surface area contributed by atoms with Gasteiger partial charge in [0.1, 0.15) is 0 Å². The average Bonchev–Trinajstić information content (AvgIpc) is 2.99. The molecule has 0 radical (unpaired) electrons. The number of benzene rings is 1.